The molecule has 3 rings (SSSR count). The van der Waals surface area contributed by atoms with Crippen LogP contribution in [-0.4, -0.2) is 25.5 Å². The van der Waals surface area contributed by atoms with Gasteiger partial charge in [0.15, 0.2) is 5.69 Å². The second-order valence-electron chi connectivity index (χ2n) is 6.41. The number of alkyl halides is 3. The number of hydrogen-bond acceptors (Lipinski definition) is 3. The molecule has 2 heterocycles. The first-order chi connectivity index (χ1) is 13.2. The molecule has 28 heavy (non-hydrogen) atoms. The van der Waals surface area contributed by atoms with Gasteiger partial charge in [0.05, 0.1) is 29.2 Å². The summed E-state index contributed by atoms with van der Waals surface area (Å²) in [5, 5.41) is 11.3. The largest absolute Gasteiger partial charge is 0.416 e. The average Bonchev–Trinajstić information content (AvgIpc) is 3.22. The third-order valence-corrected chi connectivity index (χ3v) is 4.40. The summed E-state index contributed by atoms with van der Waals surface area (Å²) in [5.41, 5.74) is 1.81. The minimum absolute atomic E-state index is 0.164. The van der Waals surface area contributed by atoms with Crippen LogP contribution >= 0.6 is 0 Å². The van der Waals surface area contributed by atoms with Crippen molar-refractivity contribution in [3.63, 3.8) is 0 Å². The summed E-state index contributed by atoms with van der Waals surface area (Å²) in [6.07, 6.45) is -2.68. The van der Waals surface area contributed by atoms with Crippen molar-refractivity contribution < 1.29 is 18.0 Å². The first kappa shape index (κ1) is 19.7. The lowest BCUT2D eigenvalue weighted by atomic mass is 10.1. The Morgan fingerprint density at radius 2 is 1.93 bits per heavy atom. The van der Waals surface area contributed by atoms with E-state index in [0.717, 1.165) is 12.1 Å². The third-order valence-electron chi connectivity index (χ3n) is 4.40. The summed E-state index contributed by atoms with van der Waals surface area (Å²) in [4.78, 5) is 12.4. The molecule has 0 aliphatic heterocycles. The SMILES string of the molecule is CCn1ccc(C(=O)Nc2c(C)nn(Cc3cccc(C(F)(F)F)c3)c2C)n1. The number of nitrogens with one attached hydrogen (secondary N) is 1. The second-order valence-corrected chi connectivity index (χ2v) is 6.41. The molecular formula is C19H20F3N5O. The Labute approximate surface area is 160 Å². The molecule has 0 fully saturated rings. The molecule has 1 aromatic carbocycles. The van der Waals surface area contributed by atoms with E-state index in [2.05, 4.69) is 15.5 Å². The highest BCUT2D eigenvalue weighted by Gasteiger charge is 2.30. The van der Waals surface area contributed by atoms with Gasteiger partial charge in [0.2, 0.25) is 0 Å². The number of rotatable bonds is 5. The van der Waals surface area contributed by atoms with Crippen molar-refractivity contribution in [3.8, 4) is 0 Å². The highest BCUT2D eigenvalue weighted by molar-refractivity contribution is 6.03. The van der Waals surface area contributed by atoms with E-state index in [4.69, 9.17) is 0 Å². The number of aromatic nitrogens is 4. The number of benzene rings is 1. The van der Waals surface area contributed by atoms with Crippen molar-refractivity contribution in [3.05, 3.63) is 64.7 Å². The predicted molar refractivity (Wildman–Crippen MR) is 98.1 cm³/mol. The number of carbonyl (C=O) groups excluding carboxylic acids is 1. The van der Waals surface area contributed by atoms with Gasteiger partial charge < -0.3 is 5.32 Å². The highest BCUT2D eigenvalue weighted by atomic mass is 19.4. The topological polar surface area (TPSA) is 64.7 Å². The lowest BCUT2D eigenvalue weighted by Crippen LogP contribution is -2.14. The van der Waals surface area contributed by atoms with Gasteiger partial charge in [-0.3, -0.25) is 14.2 Å². The first-order valence-corrected chi connectivity index (χ1v) is 8.74. The van der Waals surface area contributed by atoms with Crippen LogP contribution in [0.5, 0.6) is 0 Å². The van der Waals surface area contributed by atoms with Gasteiger partial charge in [-0.15, -0.1) is 0 Å². The molecule has 6 nitrogen and oxygen atoms in total. The van der Waals surface area contributed by atoms with E-state index in [1.807, 2.05) is 6.92 Å². The van der Waals surface area contributed by atoms with E-state index < -0.39 is 11.7 Å². The lowest BCUT2D eigenvalue weighted by Gasteiger charge is -2.10. The fourth-order valence-corrected chi connectivity index (χ4v) is 2.89. The van der Waals surface area contributed by atoms with Gasteiger partial charge >= 0.3 is 6.18 Å². The Bertz CT molecular complexity index is 1000. The molecule has 0 saturated carbocycles. The Morgan fingerprint density at radius 1 is 1.18 bits per heavy atom. The van der Waals surface area contributed by atoms with Crippen LogP contribution in [0.3, 0.4) is 0 Å². The number of aryl methyl sites for hydroxylation is 2. The number of anilines is 1. The molecule has 1 amide bonds. The van der Waals surface area contributed by atoms with Crippen LogP contribution < -0.4 is 5.32 Å². The zero-order valence-electron chi connectivity index (χ0n) is 15.7. The predicted octanol–water partition coefficient (Wildman–Crippen LogP) is 4.04. The Morgan fingerprint density at radius 3 is 2.57 bits per heavy atom. The second kappa shape index (κ2) is 7.49. The number of hydrogen-bond donors (Lipinski definition) is 1. The zero-order chi connectivity index (χ0) is 20.5. The van der Waals surface area contributed by atoms with Crippen molar-refractivity contribution in [2.45, 2.75) is 40.0 Å². The van der Waals surface area contributed by atoms with E-state index >= 15 is 0 Å². The summed E-state index contributed by atoms with van der Waals surface area (Å²) in [6, 6.07) is 6.74. The van der Waals surface area contributed by atoms with Crippen molar-refractivity contribution in [1.29, 1.82) is 0 Å². The number of nitrogens with zero attached hydrogens (tertiary/aromatic N) is 4. The van der Waals surface area contributed by atoms with Crippen LogP contribution in [0.25, 0.3) is 0 Å². The quantitative estimate of drug-likeness (QED) is 0.714. The molecule has 0 aliphatic carbocycles. The van der Waals surface area contributed by atoms with Crippen molar-refractivity contribution in [2.24, 2.45) is 0 Å². The van der Waals surface area contributed by atoms with Crippen LogP contribution in [-0.2, 0) is 19.3 Å². The molecule has 0 unspecified atom stereocenters. The minimum atomic E-state index is -4.40. The normalized spacial score (nSPS) is 11.6. The lowest BCUT2D eigenvalue weighted by molar-refractivity contribution is -0.137. The summed E-state index contributed by atoms with van der Waals surface area (Å²) >= 11 is 0. The maximum Gasteiger partial charge on any atom is 0.416 e. The van der Waals surface area contributed by atoms with Crippen LogP contribution in [0.1, 0.15) is 39.9 Å². The summed E-state index contributed by atoms with van der Waals surface area (Å²) in [5.74, 6) is -0.364. The summed E-state index contributed by atoms with van der Waals surface area (Å²) in [7, 11) is 0. The Kier molecular flexibility index (Phi) is 5.26. The fraction of sp³-hybridized carbons (Fsp3) is 0.316. The monoisotopic (exact) mass is 391 g/mol. The summed E-state index contributed by atoms with van der Waals surface area (Å²) in [6.45, 7) is 6.22. The molecule has 0 bridgehead atoms. The van der Waals surface area contributed by atoms with Crippen LogP contribution in [0.2, 0.25) is 0 Å². The molecule has 0 atom stereocenters. The molecule has 0 spiro atoms. The van der Waals surface area contributed by atoms with E-state index in [9.17, 15) is 18.0 Å². The van der Waals surface area contributed by atoms with Gasteiger partial charge in [-0.2, -0.15) is 23.4 Å². The Balaban J connectivity index is 1.81. The number of halogens is 3. The molecule has 0 saturated heterocycles. The smallest absolute Gasteiger partial charge is 0.317 e. The standard InChI is InChI=1S/C19H20F3N5O/c1-4-26-9-8-16(25-26)18(28)23-17-12(2)24-27(13(17)3)11-14-6-5-7-15(10-14)19(20,21)22/h5-10H,4,11H2,1-3H3,(H,23,28). The van der Waals surface area contributed by atoms with E-state index in [1.54, 1.807) is 41.5 Å². The van der Waals surface area contributed by atoms with Crippen molar-refractivity contribution in [1.82, 2.24) is 19.6 Å². The van der Waals surface area contributed by atoms with Crippen LogP contribution in [0.4, 0.5) is 18.9 Å². The van der Waals surface area contributed by atoms with Gasteiger partial charge in [0, 0.05) is 12.7 Å². The molecule has 2 aromatic heterocycles. The summed E-state index contributed by atoms with van der Waals surface area (Å²) < 4.78 is 41.9. The zero-order valence-corrected chi connectivity index (χ0v) is 15.7. The molecular weight excluding hydrogens is 371 g/mol. The van der Waals surface area contributed by atoms with Gasteiger partial charge in [-0.25, -0.2) is 0 Å². The van der Waals surface area contributed by atoms with Gasteiger partial charge in [-0.1, -0.05) is 12.1 Å². The maximum absolute atomic E-state index is 12.9. The van der Waals surface area contributed by atoms with E-state index in [-0.39, 0.29) is 18.1 Å². The van der Waals surface area contributed by atoms with Gasteiger partial charge in [0.1, 0.15) is 0 Å². The highest BCUT2D eigenvalue weighted by Crippen LogP contribution is 2.30. The third kappa shape index (κ3) is 4.08. The molecule has 1 N–H and O–H groups in total. The number of amides is 1. The molecule has 0 aliphatic rings. The van der Waals surface area contributed by atoms with Crippen LogP contribution in [0, 0.1) is 13.8 Å². The van der Waals surface area contributed by atoms with Crippen LogP contribution in [0.15, 0.2) is 36.5 Å². The minimum Gasteiger partial charge on any atom is -0.317 e. The fourth-order valence-electron chi connectivity index (χ4n) is 2.89. The van der Waals surface area contributed by atoms with Crippen molar-refractivity contribution >= 4 is 11.6 Å². The van der Waals surface area contributed by atoms with Gasteiger partial charge in [-0.05, 0) is 44.5 Å². The van der Waals surface area contributed by atoms with E-state index in [0.29, 0.717) is 29.2 Å². The molecule has 148 valence electrons. The maximum atomic E-state index is 12.9. The number of carbonyl (C=O) groups is 1. The Hall–Kier alpha value is -3.10. The van der Waals surface area contributed by atoms with Gasteiger partial charge in [0.25, 0.3) is 5.91 Å². The molecule has 9 heteroatoms. The van der Waals surface area contributed by atoms with E-state index in [1.165, 1.54) is 6.07 Å². The molecule has 3 aromatic rings. The average molecular weight is 391 g/mol. The van der Waals surface area contributed by atoms with Crippen molar-refractivity contribution in [2.75, 3.05) is 5.32 Å². The molecule has 0 radical (unpaired) electrons. The first-order valence-electron chi connectivity index (χ1n) is 8.74.